The molecule has 0 aliphatic heterocycles. The Hall–Kier alpha value is -3.43. The second-order valence-corrected chi connectivity index (χ2v) is 11.7. The summed E-state index contributed by atoms with van der Waals surface area (Å²) in [6, 6.07) is 18.7. The molecule has 3 aromatic carbocycles. The molecule has 0 radical (unpaired) electrons. The Kier molecular flexibility index (Phi) is 10.5. The van der Waals surface area contributed by atoms with Gasteiger partial charge in [0, 0.05) is 24.5 Å². The van der Waals surface area contributed by atoms with Gasteiger partial charge in [-0.15, -0.1) is 0 Å². The standard InChI is InChI=1S/C29H33ClFN3O4S/c1-4-16-32-29(36)27(18-22-8-6-5-7-9-22)33(19-23-10-13-25(31)14-11-23)28(35)20-34(39(3,37)38)26-15-12-24(30)17-21(26)2/h5-15,17,27H,4,16,18-20H2,1-3H3,(H,32,36)/t27-/m0/s1. The van der Waals surface area contributed by atoms with Gasteiger partial charge in [0.2, 0.25) is 21.8 Å². The van der Waals surface area contributed by atoms with Gasteiger partial charge in [-0.2, -0.15) is 0 Å². The van der Waals surface area contributed by atoms with Gasteiger partial charge in [0.25, 0.3) is 0 Å². The monoisotopic (exact) mass is 573 g/mol. The van der Waals surface area contributed by atoms with E-state index in [9.17, 15) is 22.4 Å². The van der Waals surface area contributed by atoms with Crippen molar-refractivity contribution in [1.82, 2.24) is 10.2 Å². The van der Waals surface area contributed by atoms with E-state index in [2.05, 4.69) is 5.32 Å². The fraction of sp³-hybridized carbons (Fsp3) is 0.310. The lowest BCUT2D eigenvalue weighted by Crippen LogP contribution is -2.53. The largest absolute Gasteiger partial charge is 0.354 e. The molecule has 0 fully saturated rings. The summed E-state index contributed by atoms with van der Waals surface area (Å²) in [6.07, 6.45) is 1.93. The zero-order chi connectivity index (χ0) is 28.6. The summed E-state index contributed by atoms with van der Waals surface area (Å²) in [4.78, 5) is 28.8. The van der Waals surface area contributed by atoms with E-state index in [0.717, 1.165) is 16.1 Å². The molecule has 0 spiro atoms. The molecular formula is C29H33ClFN3O4S. The maximum Gasteiger partial charge on any atom is 0.244 e. The van der Waals surface area contributed by atoms with E-state index in [-0.39, 0.29) is 18.9 Å². The Balaban J connectivity index is 2.05. The van der Waals surface area contributed by atoms with Crippen LogP contribution in [0.1, 0.15) is 30.0 Å². The molecule has 39 heavy (non-hydrogen) atoms. The number of rotatable bonds is 12. The number of aryl methyl sites for hydroxylation is 1. The van der Waals surface area contributed by atoms with Crippen LogP contribution in [0.3, 0.4) is 0 Å². The minimum absolute atomic E-state index is 0.0205. The first kappa shape index (κ1) is 30.1. The third kappa shape index (κ3) is 8.53. The topological polar surface area (TPSA) is 86.8 Å². The molecule has 7 nitrogen and oxygen atoms in total. The molecule has 1 atom stereocenters. The van der Waals surface area contributed by atoms with Gasteiger partial charge >= 0.3 is 0 Å². The summed E-state index contributed by atoms with van der Waals surface area (Å²) in [5.74, 6) is -1.36. The van der Waals surface area contributed by atoms with Gasteiger partial charge in [-0.1, -0.05) is 61.0 Å². The van der Waals surface area contributed by atoms with Crippen molar-refractivity contribution >= 4 is 39.1 Å². The molecule has 0 aromatic heterocycles. The lowest BCUT2D eigenvalue weighted by Gasteiger charge is -2.33. The third-order valence-corrected chi connectivity index (χ3v) is 7.55. The Morgan fingerprint density at radius 2 is 1.67 bits per heavy atom. The van der Waals surface area contributed by atoms with E-state index in [4.69, 9.17) is 11.6 Å². The number of carbonyl (C=O) groups is 2. The normalized spacial score (nSPS) is 12.0. The lowest BCUT2D eigenvalue weighted by molar-refractivity contribution is -0.140. The van der Waals surface area contributed by atoms with Crippen LogP contribution in [0.4, 0.5) is 10.1 Å². The van der Waals surface area contributed by atoms with Gasteiger partial charge in [-0.3, -0.25) is 13.9 Å². The average molecular weight is 574 g/mol. The number of anilines is 1. The van der Waals surface area contributed by atoms with Crippen LogP contribution in [0.25, 0.3) is 0 Å². The molecule has 0 saturated carbocycles. The fourth-order valence-electron chi connectivity index (χ4n) is 4.20. The fourth-order valence-corrected chi connectivity index (χ4v) is 5.33. The smallest absolute Gasteiger partial charge is 0.244 e. The quantitative estimate of drug-likeness (QED) is 0.340. The molecule has 0 aliphatic rings. The van der Waals surface area contributed by atoms with Crippen molar-refractivity contribution < 1.29 is 22.4 Å². The predicted molar refractivity (Wildman–Crippen MR) is 153 cm³/mol. The number of nitrogens with one attached hydrogen (secondary N) is 1. The second kappa shape index (κ2) is 13.6. The zero-order valence-electron chi connectivity index (χ0n) is 22.2. The maximum absolute atomic E-state index is 14.0. The van der Waals surface area contributed by atoms with Crippen molar-refractivity contribution in [3.8, 4) is 0 Å². The highest BCUT2D eigenvalue weighted by atomic mass is 35.5. The number of halogens is 2. The summed E-state index contributed by atoms with van der Waals surface area (Å²) in [6.45, 7) is 3.49. The summed E-state index contributed by atoms with van der Waals surface area (Å²) < 4.78 is 40.4. The summed E-state index contributed by atoms with van der Waals surface area (Å²) in [5, 5.41) is 3.31. The molecule has 0 bridgehead atoms. The molecule has 3 rings (SSSR count). The number of benzene rings is 3. The van der Waals surface area contributed by atoms with Gasteiger partial charge in [0.05, 0.1) is 11.9 Å². The SMILES string of the molecule is CCCNC(=O)[C@H](Cc1ccccc1)N(Cc1ccc(F)cc1)C(=O)CN(c1ccc(Cl)cc1C)S(C)(=O)=O. The van der Waals surface area contributed by atoms with E-state index < -0.39 is 34.3 Å². The molecule has 0 heterocycles. The van der Waals surface area contributed by atoms with Crippen LogP contribution in [0.5, 0.6) is 0 Å². The zero-order valence-corrected chi connectivity index (χ0v) is 23.8. The van der Waals surface area contributed by atoms with E-state index >= 15 is 0 Å². The van der Waals surface area contributed by atoms with E-state index in [0.29, 0.717) is 34.8 Å². The van der Waals surface area contributed by atoms with Gasteiger partial charge < -0.3 is 10.2 Å². The van der Waals surface area contributed by atoms with Crippen LogP contribution < -0.4 is 9.62 Å². The van der Waals surface area contributed by atoms with Crippen LogP contribution in [0, 0.1) is 12.7 Å². The lowest BCUT2D eigenvalue weighted by atomic mass is 10.0. The minimum atomic E-state index is -3.89. The number of hydrogen-bond donors (Lipinski definition) is 1. The highest BCUT2D eigenvalue weighted by molar-refractivity contribution is 7.92. The summed E-state index contributed by atoms with van der Waals surface area (Å²) in [5.41, 5.74) is 2.32. The van der Waals surface area contributed by atoms with Gasteiger partial charge in [-0.25, -0.2) is 12.8 Å². The number of amides is 2. The molecule has 3 aromatic rings. The van der Waals surface area contributed by atoms with Crippen molar-refractivity contribution in [3.05, 3.63) is 100 Å². The second-order valence-electron chi connectivity index (χ2n) is 9.35. The van der Waals surface area contributed by atoms with E-state index in [1.165, 1.54) is 29.2 Å². The number of sulfonamides is 1. The van der Waals surface area contributed by atoms with Gasteiger partial charge in [0.1, 0.15) is 18.4 Å². The molecule has 1 N–H and O–H groups in total. The Labute approximate surface area is 234 Å². The van der Waals surface area contributed by atoms with Crippen molar-refractivity contribution in [1.29, 1.82) is 0 Å². The molecule has 10 heteroatoms. The van der Waals surface area contributed by atoms with Gasteiger partial charge in [0.15, 0.2) is 0 Å². The van der Waals surface area contributed by atoms with E-state index in [1.807, 2.05) is 37.3 Å². The molecule has 0 saturated heterocycles. The molecule has 0 aliphatic carbocycles. The van der Waals surface area contributed by atoms with Crippen LogP contribution in [0.2, 0.25) is 5.02 Å². The van der Waals surface area contributed by atoms with Crippen LogP contribution >= 0.6 is 11.6 Å². The molecule has 2 amide bonds. The van der Waals surface area contributed by atoms with Crippen LogP contribution in [-0.4, -0.2) is 50.5 Å². The van der Waals surface area contributed by atoms with Crippen molar-refractivity contribution in [2.45, 2.75) is 39.3 Å². The number of carbonyl (C=O) groups excluding carboxylic acids is 2. The highest BCUT2D eigenvalue weighted by Crippen LogP contribution is 2.26. The predicted octanol–water partition coefficient (Wildman–Crippen LogP) is 4.72. The minimum Gasteiger partial charge on any atom is -0.354 e. The summed E-state index contributed by atoms with van der Waals surface area (Å²) >= 11 is 6.07. The first-order valence-electron chi connectivity index (χ1n) is 12.6. The Bertz CT molecular complexity index is 1390. The van der Waals surface area contributed by atoms with Crippen molar-refractivity contribution in [2.24, 2.45) is 0 Å². The molecule has 0 unspecified atom stereocenters. The number of nitrogens with zero attached hydrogens (tertiary/aromatic N) is 2. The third-order valence-electron chi connectivity index (χ3n) is 6.19. The summed E-state index contributed by atoms with van der Waals surface area (Å²) in [7, 11) is -3.89. The number of hydrogen-bond acceptors (Lipinski definition) is 4. The Morgan fingerprint density at radius 1 is 1.00 bits per heavy atom. The van der Waals surface area contributed by atoms with Gasteiger partial charge in [-0.05, 0) is 60.4 Å². The highest BCUT2D eigenvalue weighted by Gasteiger charge is 2.33. The van der Waals surface area contributed by atoms with Crippen molar-refractivity contribution in [2.75, 3.05) is 23.7 Å². The van der Waals surface area contributed by atoms with Crippen LogP contribution in [-0.2, 0) is 32.6 Å². The Morgan fingerprint density at radius 3 is 2.26 bits per heavy atom. The first-order chi connectivity index (χ1) is 18.5. The van der Waals surface area contributed by atoms with Crippen LogP contribution in [0.15, 0.2) is 72.8 Å². The molecular weight excluding hydrogens is 541 g/mol. The van der Waals surface area contributed by atoms with E-state index in [1.54, 1.807) is 25.1 Å². The van der Waals surface area contributed by atoms with Crippen molar-refractivity contribution in [3.63, 3.8) is 0 Å². The molecule has 208 valence electrons. The average Bonchev–Trinajstić information content (AvgIpc) is 2.89. The first-order valence-corrected chi connectivity index (χ1v) is 14.8. The maximum atomic E-state index is 14.0.